The highest BCUT2D eigenvalue weighted by molar-refractivity contribution is 5.98. The Morgan fingerprint density at radius 2 is 2.29 bits per heavy atom. The van der Waals surface area contributed by atoms with Gasteiger partial charge >= 0.3 is 0 Å². The maximum absolute atomic E-state index is 11.9. The van der Waals surface area contributed by atoms with Crippen LogP contribution < -0.4 is 5.32 Å². The third kappa shape index (κ3) is 2.56. The molecule has 0 aliphatic heterocycles. The fraction of sp³-hybridized carbons (Fsp3) is 0.214. The molecule has 0 aliphatic carbocycles. The summed E-state index contributed by atoms with van der Waals surface area (Å²) in [7, 11) is 0. The van der Waals surface area contributed by atoms with Crippen molar-refractivity contribution in [1.29, 1.82) is 0 Å². The van der Waals surface area contributed by atoms with Gasteiger partial charge in [-0.1, -0.05) is 24.3 Å². The summed E-state index contributed by atoms with van der Waals surface area (Å²) in [6.45, 7) is 5.62. The molecule has 1 aromatic heterocycles. The number of rotatable bonds is 4. The van der Waals surface area contributed by atoms with E-state index in [1.165, 1.54) is 0 Å². The lowest BCUT2D eigenvalue weighted by atomic mass is 10.2. The second-order valence-electron chi connectivity index (χ2n) is 4.17. The number of hydrogen-bond donors (Lipinski definition) is 2. The number of hydrogen-bond acceptors (Lipinski definition) is 1. The first kappa shape index (κ1) is 11.5. The highest BCUT2D eigenvalue weighted by Gasteiger charge is 2.11. The molecule has 1 heterocycles. The predicted molar refractivity (Wildman–Crippen MR) is 70.0 cm³/mol. The van der Waals surface area contributed by atoms with Crippen LogP contribution in [0.5, 0.6) is 0 Å². The number of aromatic nitrogens is 1. The van der Waals surface area contributed by atoms with Gasteiger partial charge in [0.25, 0.3) is 5.91 Å². The molecule has 1 amide bonds. The van der Waals surface area contributed by atoms with E-state index in [4.69, 9.17) is 0 Å². The Morgan fingerprint density at radius 3 is 3.00 bits per heavy atom. The number of nitrogens with one attached hydrogen (secondary N) is 2. The molecule has 0 saturated carbocycles. The van der Waals surface area contributed by atoms with E-state index >= 15 is 0 Å². The summed E-state index contributed by atoms with van der Waals surface area (Å²) in [6.07, 6.45) is 2.57. The molecular formula is C14H16N2O. The standard InChI is InChI=1S/C14H16N2O/c1-3-6-10(2)15-14(17)13-9-11-7-4-5-8-12(11)16-13/h3-5,7-10,16H,1,6H2,2H3,(H,15,17). The van der Waals surface area contributed by atoms with Crippen molar-refractivity contribution in [3.8, 4) is 0 Å². The van der Waals surface area contributed by atoms with E-state index in [1.54, 1.807) is 6.08 Å². The highest BCUT2D eigenvalue weighted by atomic mass is 16.1. The van der Waals surface area contributed by atoms with Gasteiger partial charge in [-0.15, -0.1) is 6.58 Å². The molecule has 0 saturated heterocycles. The lowest BCUT2D eigenvalue weighted by Crippen LogP contribution is -2.32. The normalized spacial score (nSPS) is 12.3. The minimum absolute atomic E-state index is 0.0736. The molecule has 0 aliphatic rings. The van der Waals surface area contributed by atoms with Crippen molar-refractivity contribution < 1.29 is 4.79 Å². The number of H-pyrrole nitrogens is 1. The number of carbonyl (C=O) groups excluding carboxylic acids is 1. The lowest BCUT2D eigenvalue weighted by Gasteiger charge is -2.10. The summed E-state index contributed by atoms with van der Waals surface area (Å²) in [5, 5.41) is 3.97. The molecule has 1 unspecified atom stereocenters. The number of benzene rings is 1. The first-order valence-electron chi connectivity index (χ1n) is 5.70. The Balaban J connectivity index is 2.16. The van der Waals surface area contributed by atoms with Gasteiger partial charge in [-0.25, -0.2) is 0 Å². The zero-order chi connectivity index (χ0) is 12.3. The molecule has 2 aromatic rings. The summed E-state index contributed by atoms with van der Waals surface area (Å²) in [5.41, 5.74) is 1.58. The quantitative estimate of drug-likeness (QED) is 0.776. The van der Waals surface area contributed by atoms with Crippen LogP contribution in [-0.2, 0) is 0 Å². The predicted octanol–water partition coefficient (Wildman–Crippen LogP) is 2.86. The zero-order valence-corrected chi connectivity index (χ0v) is 9.86. The van der Waals surface area contributed by atoms with E-state index in [0.717, 1.165) is 17.3 Å². The second kappa shape index (κ2) is 4.87. The first-order valence-corrected chi connectivity index (χ1v) is 5.70. The molecule has 0 fully saturated rings. The van der Waals surface area contributed by atoms with Crippen LogP contribution in [0.2, 0.25) is 0 Å². The number of aromatic amines is 1. The van der Waals surface area contributed by atoms with E-state index in [9.17, 15) is 4.79 Å². The first-order chi connectivity index (χ1) is 8.20. The van der Waals surface area contributed by atoms with Gasteiger partial charge in [0.1, 0.15) is 5.69 Å². The third-order valence-electron chi connectivity index (χ3n) is 2.67. The molecule has 2 N–H and O–H groups in total. The molecular weight excluding hydrogens is 212 g/mol. The van der Waals surface area contributed by atoms with Gasteiger partial charge in [0.05, 0.1) is 0 Å². The van der Waals surface area contributed by atoms with Crippen molar-refractivity contribution in [2.75, 3.05) is 0 Å². The minimum atomic E-state index is -0.0736. The van der Waals surface area contributed by atoms with E-state index in [1.807, 2.05) is 37.3 Å². The average Bonchev–Trinajstić information content (AvgIpc) is 2.72. The molecule has 17 heavy (non-hydrogen) atoms. The zero-order valence-electron chi connectivity index (χ0n) is 9.86. The Kier molecular flexibility index (Phi) is 3.28. The largest absolute Gasteiger partial charge is 0.351 e. The Hall–Kier alpha value is -2.03. The van der Waals surface area contributed by atoms with Crippen LogP contribution in [0, 0.1) is 0 Å². The maximum atomic E-state index is 11.9. The maximum Gasteiger partial charge on any atom is 0.267 e. The van der Waals surface area contributed by atoms with Crippen LogP contribution in [-0.4, -0.2) is 16.9 Å². The van der Waals surface area contributed by atoms with Crippen molar-refractivity contribution in [2.24, 2.45) is 0 Å². The van der Waals surface area contributed by atoms with E-state index in [2.05, 4.69) is 16.9 Å². The van der Waals surface area contributed by atoms with Crippen LogP contribution in [0.3, 0.4) is 0 Å². The summed E-state index contributed by atoms with van der Waals surface area (Å²) >= 11 is 0. The van der Waals surface area contributed by atoms with Gasteiger partial charge < -0.3 is 10.3 Å². The molecule has 0 spiro atoms. The van der Waals surface area contributed by atoms with E-state index < -0.39 is 0 Å². The fourth-order valence-electron chi connectivity index (χ4n) is 1.81. The number of amides is 1. The van der Waals surface area contributed by atoms with E-state index in [-0.39, 0.29) is 11.9 Å². The molecule has 88 valence electrons. The summed E-state index contributed by atoms with van der Waals surface area (Å²) in [6, 6.07) is 9.81. The molecule has 1 atom stereocenters. The number of para-hydroxylation sites is 1. The van der Waals surface area contributed by atoms with Gasteiger partial charge in [-0.2, -0.15) is 0 Å². The van der Waals surface area contributed by atoms with Gasteiger partial charge in [-0.05, 0) is 25.5 Å². The smallest absolute Gasteiger partial charge is 0.267 e. The number of fused-ring (bicyclic) bond motifs is 1. The minimum Gasteiger partial charge on any atom is -0.351 e. The Morgan fingerprint density at radius 1 is 1.53 bits per heavy atom. The Bertz CT molecular complexity index is 509. The van der Waals surface area contributed by atoms with E-state index in [0.29, 0.717) is 5.69 Å². The molecule has 1 aromatic carbocycles. The van der Waals surface area contributed by atoms with Crippen molar-refractivity contribution in [3.05, 3.63) is 48.7 Å². The second-order valence-corrected chi connectivity index (χ2v) is 4.17. The summed E-state index contributed by atoms with van der Waals surface area (Å²) in [4.78, 5) is 15.0. The van der Waals surface area contributed by atoms with Crippen molar-refractivity contribution >= 4 is 16.8 Å². The summed E-state index contributed by atoms with van der Waals surface area (Å²) in [5.74, 6) is -0.0736. The molecule has 2 rings (SSSR count). The van der Waals surface area contributed by atoms with Gasteiger partial charge in [0.2, 0.25) is 0 Å². The molecule has 0 bridgehead atoms. The third-order valence-corrected chi connectivity index (χ3v) is 2.67. The van der Waals surface area contributed by atoms with Gasteiger partial charge in [0, 0.05) is 16.9 Å². The topological polar surface area (TPSA) is 44.9 Å². The molecule has 3 nitrogen and oxygen atoms in total. The van der Waals surface area contributed by atoms with Crippen LogP contribution in [0.25, 0.3) is 10.9 Å². The Labute approximate surface area is 101 Å². The lowest BCUT2D eigenvalue weighted by molar-refractivity contribution is 0.0936. The van der Waals surface area contributed by atoms with Crippen molar-refractivity contribution in [3.63, 3.8) is 0 Å². The fourth-order valence-corrected chi connectivity index (χ4v) is 1.81. The van der Waals surface area contributed by atoms with Crippen molar-refractivity contribution in [1.82, 2.24) is 10.3 Å². The van der Waals surface area contributed by atoms with Gasteiger partial charge in [-0.3, -0.25) is 4.79 Å². The van der Waals surface area contributed by atoms with Crippen LogP contribution in [0.4, 0.5) is 0 Å². The van der Waals surface area contributed by atoms with Crippen molar-refractivity contribution in [2.45, 2.75) is 19.4 Å². The van der Waals surface area contributed by atoms with Crippen LogP contribution >= 0.6 is 0 Å². The van der Waals surface area contributed by atoms with Gasteiger partial charge in [0.15, 0.2) is 0 Å². The average molecular weight is 228 g/mol. The SMILES string of the molecule is C=CCC(C)NC(=O)c1cc2ccccc2[nH]1. The number of carbonyl (C=O) groups is 1. The monoisotopic (exact) mass is 228 g/mol. The van der Waals surface area contributed by atoms with Crippen LogP contribution in [0.1, 0.15) is 23.8 Å². The highest BCUT2D eigenvalue weighted by Crippen LogP contribution is 2.14. The summed E-state index contributed by atoms with van der Waals surface area (Å²) < 4.78 is 0. The van der Waals surface area contributed by atoms with Crippen LogP contribution in [0.15, 0.2) is 43.0 Å². The molecule has 3 heteroatoms. The molecule has 0 radical (unpaired) electrons.